The summed E-state index contributed by atoms with van der Waals surface area (Å²) in [7, 11) is 3.37. The first-order chi connectivity index (χ1) is 8.47. The largest absolute Gasteiger partial charge is 0.526 e. The van der Waals surface area contributed by atoms with Crippen LogP contribution in [0.3, 0.4) is 0 Å². The summed E-state index contributed by atoms with van der Waals surface area (Å²) in [6.45, 7) is 0. The van der Waals surface area contributed by atoms with Gasteiger partial charge in [-0.2, -0.15) is 4.79 Å². The van der Waals surface area contributed by atoms with Crippen molar-refractivity contribution in [2.75, 3.05) is 14.1 Å². The highest BCUT2D eigenvalue weighted by molar-refractivity contribution is 5.78. The smallest absolute Gasteiger partial charge is 0.445 e. The van der Waals surface area contributed by atoms with Crippen LogP contribution in [0.15, 0.2) is 5.22 Å². The standard InChI is InChI=1S/C10H17N5O3/c1-14(2)9(16)7-4-3-5-8(6-7)15(10(17)18)13-12-11/h7-8,11H,3-6H2,1-2H3/p+1/t7-,8?/m0/s1. The number of nitrogens with zero attached hydrogens (tertiary/aromatic N) is 4. The highest BCUT2D eigenvalue weighted by Crippen LogP contribution is 2.29. The Hall–Kier alpha value is -1.95. The third-order valence-electron chi connectivity index (χ3n) is 3.12. The van der Waals surface area contributed by atoms with Crippen LogP contribution in [0.4, 0.5) is 4.79 Å². The lowest BCUT2D eigenvalue weighted by Crippen LogP contribution is -2.42. The maximum atomic E-state index is 11.9. The van der Waals surface area contributed by atoms with Crippen LogP contribution in [0.5, 0.6) is 0 Å². The van der Waals surface area contributed by atoms with Crippen molar-refractivity contribution in [1.29, 1.82) is 5.53 Å². The van der Waals surface area contributed by atoms with E-state index >= 15 is 0 Å². The van der Waals surface area contributed by atoms with E-state index in [2.05, 4.69) is 10.1 Å². The molecule has 0 saturated heterocycles. The fraction of sp³-hybridized carbons (Fsp3) is 0.800. The van der Waals surface area contributed by atoms with E-state index in [1.807, 2.05) is 0 Å². The maximum Gasteiger partial charge on any atom is 0.526 e. The van der Waals surface area contributed by atoms with Crippen molar-refractivity contribution in [2.45, 2.75) is 31.7 Å². The molecule has 8 nitrogen and oxygen atoms in total. The highest BCUT2D eigenvalue weighted by Gasteiger charge is 2.39. The Morgan fingerprint density at radius 1 is 1.39 bits per heavy atom. The number of amides is 2. The first-order valence-corrected chi connectivity index (χ1v) is 5.78. The number of rotatable bonds is 3. The summed E-state index contributed by atoms with van der Waals surface area (Å²) in [5.41, 5.74) is 6.63. The summed E-state index contributed by atoms with van der Waals surface area (Å²) in [6, 6.07) is -0.376. The Bertz CT molecular complexity index is 376. The second-order valence-electron chi connectivity index (χ2n) is 4.57. The third kappa shape index (κ3) is 3.27. The molecule has 1 rings (SSSR count). The number of hydrogen-bond acceptors (Lipinski definition) is 4. The van der Waals surface area contributed by atoms with Crippen LogP contribution in [0, 0.1) is 11.4 Å². The van der Waals surface area contributed by atoms with Crippen LogP contribution in [-0.4, -0.2) is 47.2 Å². The monoisotopic (exact) mass is 256 g/mol. The van der Waals surface area contributed by atoms with Crippen molar-refractivity contribution in [3.8, 4) is 0 Å². The van der Waals surface area contributed by atoms with Crippen molar-refractivity contribution < 1.29 is 14.7 Å². The summed E-state index contributed by atoms with van der Waals surface area (Å²) < 4.78 is 0. The second kappa shape index (κ2) is 6.11. The van der Waals surface area contributed by atoms with Gasteiger partial charge in [-0.15, -0.1) is 0 Å². The number of hydrogen-bond donors (Lipinski definition) is 2. The second-order valence-corrected chi connectivity index (χ2v) is 4.57. The van der Waals surface area contributed by atoms with Crippen molar-refractivity contribution >= 4 is 12.0 Å². The molecule has 0 bridgehead atoms. The molecule has 8 heteroatoms. The van der Waals surface area contributed by atoms with E-state index in [9.17, 15) is 9.59 Å². The molecule has 1 saturated carbocycles. The summed E-state index contributed by atoms with van der Waals surface area (Å²) in [5.74, 6) is -0.172. The van der Waals surface area contributed by atoms with E-state index in [0.29, 0.717) is 12.8 Å². The zero-order valence-corrected chi connectivity index (χ0v) is 10.5. The van der Waals surface area contributed by atoms with Crippen LogP contribution in [0.25, 0.3) is 0 Å². The molecule has 0 aromatic heterocycles. The summed E-state index contributed by atoms with van der Waals surface area (Å²) >= 11 is 0. The van der Waals surface area contributed by atoms with Gasteiger partial charge in [-0.25, -0.2) is 0 Å². The van der Waals surface area contributed by atoms with Gasteiger partial charge in [0.05, 0.1) is 4.91 Å². The van der Waals surface area contributed by atoms with E-state index in [1.165, 1.54) is 4.90 Å². The minimum atomic E-state index is -1.24. The first kappa shape index (κ1) is 14.1. The minimum absolute atomic E-state index is 0.00727. The molecule has 2 atom stereocenters. The normalized spacial score (nSPS) is 22.8. The predicted octanol–water partition coefficient (Wildman–Crippen LogP) is 1.08. The number of carbonyl (C=O) groups is 2. The molecule has 2 N–H and O–H groups in total. The van der Waals surface area contributed by atoms with Crippen molar-refractivity contribution in [2.24, 2.45) is 11.1 Å². The van der Waals surface area contributed by atoms with Crippen molar-refractivity contribution in [3.05, 3.63) is 0 Å². The molecule has 1 aliphatic rings. The lowest BCUT2D eigenvalue weighted by atomic mass is 9.84. The van der Waals surface area contributed by atoms with Gasteiger partial charge in [0.1, 0.15) is 6.04 Å². The molecule has 0 radical (unpaired) electrons. The van der Waals surface area contributed by atoms with E-state index in [1.54, 1.807) is 14.1 Å². The molecule has 0 aromatic rings. The van der Waals surface area contributed by atoms with Gasteiger partial charge in [-0.3, -0.25) is 4.79 Å². The van der Waals surface area contributed by atoms with Crippen molar-refractivity contribution in [3.63, 3.8) is 0 Å². The number of nitrogens with one attached hydrogen (secondary N) is 1. The maximum absolute atomic E-state index is 11.9. The van der Waals surface area contributed by atoms with Crippen molar-refractivity contribution in [1.82, 2.24) is 14.8 Å². The fourth-order valence-electron chi connectivity index (χ4n) is 2.29. The van der Waals surface area contributed by atoms with Gasteiger partial charge in [0.15, 0.2) is 0 Å². The van der Waals surface area contributed by atoms with Crippen LogP contribution in [0.1, 0.15) is 25.7 Å². The van der Waals surface area contributed by atoms with E-state index in [-0.39, 0.29) is 17.9 Å². The molecule has 18 heavy (non-hydrogen) atoms. The quantitative estimate of drug-likeness (QED) is 0.447. The molecule has 1 fully saturated rings. The average Bonchev–Trinajstić information content (AvgIpc) is 2.34. The Kier molecular flexibility index (Phi) is 4.79. The van der Waals surface area contributed by atoms with Crippen LogP contribution in [-0.2, 0) is 4.79 Å². The third-order valence-corrected chi connectivity index (χ3v) is 3.12. The Balaban J connectivity index is 2.76. The van der Waals surface area contributed by atoms with E-state index in [4.69, 9.17) is 10.6 Å². The number of carboxylic acid groups (broad SMARTS) is 1. The van der Waals surface area contributed by atoms with E-state index in [0.717, 1.165) is 17.9 Å². The topological polar surface area (TPSA) is 111 Å². The zero-order valence-electron chi connectivity index (χ0n) is 10.5. The molecule has 1 aliphatic carbocycles. The van der Waals surface area contributed by atoms with Gasteiger partial charge in [0.25, 0.3) is 0 Å². The lowest BCUT2D eigenvalue weighted by Gasteiger charge is -2.28. The summed E-state index contributed by atoms with van der Waals surface area (Å²) in [6.07, 6.45) is 1.37. The Morgan fingerprint density at radius 3 is 2.56 bits per heavy atom. The molecule has 1 unspecified atom stereocenters. The van der Waals surface area contributed by atoms with Crippen LogP contribution >= 0.6 is 0 Å². The fourth-order valence-corrected chi connectivity index (χ4v) is 2.29. The molecule has 0 spiro atoms. The molecule has 0 heterocycles. The predicted molar refractivity (Wildman–Crippen MR) is 61.6 cm³/mol. The SMILES string of the molecule is CN(C)C(=O)[C@H]1CCCC(N(N=[N+]=N)C(=O)O)C1. The Morgan fingerprint density at radius 2 is 2.06 bits per heavy atom. The molecule has 0 aromatic carbocycles. The average molecular weight is 256 g/mol. The van der Waals surface area contributed by atoms with Gasteiger partial charge in [-0.1, -0.05) is 0 Å². The van der Waals surface area contributed by atoms with Gasteiger partial charge in [0.2, 0.25) is 11.1 Å². The van der Waals surface area contributed by atoms with Crippen LogP contribution in [0.2, 0.25) is 0 Å². The number of carbonyl (C=O) groups excluding carboxylic acids is 1. The highest BCUT2D eigenvalue weighted by atomic mass is 16.4. The zero-order chi connectivity index (χ0) is 13.7. The molecular weight excluding hydrogens is 238 g/mol. The lowest BCUT2D eigenvalue weighted by molar-refractivity contribution is -0.134. The van der Waals surface area contributed by atoms with Gasteiger partial charge >= 0.3 is 6.09 Å². The van der Waals surface area contributed by atoms with Crippen LogP contribution < -0.4 is 4.91 Å². The molecule has 0 aliphatic heterocycles. The van der Waals surface area contributed by atoms with Gasteiger partial charge < -0.3 is 10.0 Å². The van der Waals surface area contributed by atoms with E-state index < -0.39 is 6.09 Å². The summed E-state index contributed by atoms with van der Waals surface area (Å²) in [4.78, 5) is 27.1. The summed E-state index contributed by atoms with van der Waals surface area (Å²) in [5, 5.41) is 13.1. The molecule has 2 amide bonds. The molecular formula is C10H18N5O3+. The first-order valence-electron chi connectivity index (χ1n) is 5.78. The molecule has 100 valence electrons. The Labute approximate surface area is 105 Å². The minimum Gasteiger partial charge on any atom is -0.445 e. The van der Waals surface area contributed by atoms with Gasteiger partial charge in [0, 0.05) is 26.4 Å². The van der Waals surface area contributed by atoms with Gasteiger partial charge in [-0.05, 0) is 29.8 Å².